The van der Waals surface area contributed by atoms with Crippen molar-refractivity contribution in [3.05, 3.63) is 214 Å². The number of aliphatic imine (C=N–C) groups is 2. The molecule has 0 bridgehead atoms. The third kappa shape index (κ3) is 5.19. The van der Waals surface area contributed by atoms with Crippen LogP contribution in [0.15, 0.2) is 174 Å². The highest BCUT2D eigenvalue weighted by Crippen LogP contribution is 2.62. The van der Waals surface area contributed by atoms with Crippen LogP contribution in [0, 0.1) is 5.92 Å². The molecule has 4 heteroatoms. The second-order valence-corrected chi connectivity index (χ2v) is 15.8. The van der Waals surface area contributed by atoms with Crippen LogP contribution in [0.4, 0.5) is 0 Å². The average molecular weight is 711 g/mol. The van der Waals surface area contributed by atoms with Gasteiger partial charge in [-0.15, -0.1) is 0 Å². The lowest BCUT2D eigenvalue weighted by Crippen LogP contribution is -2.40. The topological polar surface area (TPSA) is 50.5 Å². The summed E-state index contributed by atoms with van der Waals surface area (Å²) in [5.41, 5.74) is 16.8. The first-order chi connectivity index (χ1) is 26.9. The molecule has 1 aliphatic heterocycles. The zero-order valence-electron chi connectivity index (χ0n) is 31.4. The van der Waals surface area contributed by atoms with E-state index in [1.165, 1.54) is 55.6 Å². The molecule has 7 aromatic rings. The molecule has 2 atom stereocenters. The van der Waals surface area contributed by atoms with Gasteiger partial charge in [0.25, 0.3) is 0 Å². The molecule has 0 amide bonds. The van der Waals surface area contributed by atoms with Crippen molar-refractivity contribution in [1.29, 1.82) is 0 Å². The molecule has 2 unspecified atom stereocenters. The van der Waals surface area contributed by atoms with Crippen molar-refractivity contribution in [3.63, 3.8) is 0 Å². The summed E-state index contributed by atoms with van der Waals surface area (Å²) in [4.78, 5) is 19.4. The Morgan fingerprint density at radius 1 is 0.509 bits per heavy atom. The molecule has 10 rings (SSSR count). The molecule has 0 saturated heterocycles. The number of aromatic nitrogens is 2. The summed E-state index contributed by atoms with van der Waals surface area (Å²) >= 11 is 0. The molecular weight excluding hydrogens is 669 g/mol. The Labute approximate surface area is 323 Å². The highest BCUT2D eigenvalue weighted by atomic mass is 15.0. The maximum absolute atomic E-state index is 5.48. The van der Waals surface area contributed by atoms with Gasteiger partial charge in [-0.25, -0.2) is 4.99 Å². The fraction of sp³-hybridized carbons (Fsp3) is 0.176. The Balaban J connectivity index is 1.17. The standard InChI is InChI=1S/C51H42N4/c1-33-19-22-47(34-23-27-52-28-24-34)54-49(55-48(33)35-25-29-53-30-26-35)38-12-10-11-36(31-38)37-20-21-44-46(32-37)51(45-18-9-8-17-43(45)50(44,2)3)41-15-6-4-13-39(41)40-14-5-7-16-42(40)51/h4-18,20-21,23-33,48H,19,22H2,1-3H3. The number of amidine groups is 1. The number of fused-ring (bicyclic) bond motifs is 9. The number of nitrogens with zero attached hydrogens (tertiary/aromatic N) is 4. The van der Waals surface area contributed by atoms with E-state index in [1.54, 1.807) is 0 Å². The van der Waals surface area contributed by atoms with E-state index >= 15 is 0 Å². The van der Waals surface area contributed by atoms with Crippen LogP contribution in [0.1, 0.15) is 89.7 Å². The minimum Gasteiger partial charge on any atom is -0.265 e. The monoisotopic (exact) mass is 710 g/mol. The molecule has 0 saturated carbocycles. The van der Waals surface area contributed by atoms with E-state index in [4.69, 9.17) is 9.98 Å². The predicted octanol–water partition coefficient (Wildman–Crippen LogP) is 11.6. The van der Waals surface area contributed by atoms with Crippen LogP contribution in [0.3, 0.4) is 0 Å². The predicted molar refractivity (Wildman–Crippen MR) is 224 cm³/mol. The van der Waals surface area contributed by atoms with Gasteiger partial charge in [-0.2, -0.15) is 0 Å². The largest absolute Gasteiger partial charge is 0.265 e. The molecular formula is C51H42N4. The fourth-order valence-corrected chi connectivity index (χ4v) is 9.73. The molecule has 3 heterocycles. The molecule has 2 aliphatic carbocycles. The number of hydrogen-bond acceptors (Lipinski definition) is 4. The van der Waals surface area contributed by atoms with Crippen LogP contribution in [0.5, 0.6) is 0 Å². The van der Waals surface area contributed by atoms with Gasteiger partial charge < -0.3 is 0 Å². The Bertz CT molecular complexity index is 2610. The smallest absolute Gasteiger partial charge is 0.155 e. The molecule has 5 aromatic carbocycles. The molecule has 0 radical (unpaired) electrons. The lowest BCUT2D eigenvalue weighted by atomic mass is 9.55. The van der Waals surface area contributed by atoms with Gasteiger partial charge in [0.05, 0.1) is 17.2 Å². The summed E-state index contributed by atoms with van der Waals surface area (Å²) in [5, 5.41) is 0. The summed E-state index contributed by atoms with van der Waals surface area (Å²) in [6.45, 7) is 7.08. The Morgan fingerprint density at radius 2 is 1.09 bits per heavy atom. The molecule has 55 heavy (non-hydrogen) atoms. The van der Waals surface area contributed by atoms with Crippen LogP contribution in [-0.4, -0.2) is 21.5 Å². The minimum absolute atomic E-state index is 0.0298. The number of pyridine rings is 2. The van der Waals surface area contributed by atoms with Crippen molar-refractivity contribution in [3.8, 4) is 22.3 Å². The number of benzene rings is 5. The van der Waals surface area contributed by atoms with Gasteiger partial charge in [0, 0.05) is 35.8 Å². The first-order valence-corrected chi connectivity index (χ1v) is 19.5. The molecule has 3 aliphatic rings. The van der Waals surface area contributed by atoms with Gasteiger partial charge in [-0.3, -0.25) is 15.0 Å². The maximum Gasteiger partial charge on any atom is 0.155 e. The SMILES string of the molecule is CC1CCC(c2ccncc2)=NC(c2cccc(-c3ccc4c(c3)C3(c5ccccc5-c5ccccc53)c3ccccc3C4(C)C)c2)=NC1c1ccncc1. The lowest BCUT2D eigenvalue weighted by molar-refractivity contribution is 0.446. The fourth-order valence-electron chi connectivity index (χ4n) is 9.73. The Hall–Kier alpha value is -6.26. The van der Waals surface area contributed by atoms with E-state index in [1.807, 2.05) is 24.8 Å². The highest BCUT2D eigenvalue weighted by molar-refractivity contribution is 6.13. The lowest BCUT2D eigenvalue weighted by Gasteiger charge is -2.46. The first-order valence-electron chi connectivity index (χ1n) is 19.5. The highest BCUT2D eigenvalue weighted by Gasteiger charge is 2.53. The maximum atomic E-state index is 5.48. The van der Waals surface area contributed by atoms with E-state index in [-0.39, 0.29) is 11.5 Å². The van der Waals surface area contributed by atoms with Gasteiger partial charge in [0.2, 0.25) is 0 Å². The summed E-state index contributed by atoms with van der Waals surface area (Å²) in [5.74, 6) is 1.07. The molecule has 2 aromatic heterocycles. The summed E-state index contributed by atoms with van der Waals surface area (Å²) in [6.07, 6.45) is 9.27. The number of hydrogen-bond donors (Lipinski definition) is 0. The van der Waals surface area contributed by atoms with Crippen LogP contribution in [-0.2, 0) is 10.8 Å². The van der Waals surface area contributed by atoms with E-state index in [0.717, 1.165) is 41.1 Å². The molecule has 1 spiro atoms. The summed E-state index contributed by atoms with van der Waals surface area (Å²) < 4.78 is 0. The third-order valence-corrected chi connectivity index (χ3v) is 12.4. The normalized spacial score (nSPS) is 18.8. The van der Waals surface area contributed by atoms with Crippen molar-refractivity contribution in [2.75, 3.05) is 0 Å². The zero-order chi connectivity index (χ0) is 37.1. The second-order valence-electron chi connectivity index (χ2n) is 15.8. The first kappa shape index (κ1) is 33.3. The van der Waals surface area contributed by atoms with Crippen molar-refractivity contribution < 1.29 is 0 Å². The summed E-state index contributed by atoms with van der Waals surface area (Å²) in [6, 6.07) is 51.5. The molecule has 0 fully saturated rings. The second kappa shape index (κ2) is 13.0. The molecule has 266 valence electrons. The van der Waals surface area contributed by atoms with Crippen LogP contribution >= 0.6 is 0 Å². The van der Waals surface area contributed by atoms with E-state index in [9.17, 15) is 0 Å². The molecule has 0 N–H and O–H groups in total. The third-order valence-electron chi connectivity index (χ3n) is 12.4. The quantitative estimate of drug-likeness (QED) is 0.183. The van der Waals surface area contributed by atoms with Crippen LogP contribution in [0.25, 0.3) is 22.3 Å². The van der Waals surface area contributed by atoms with Crippen molar-refractivity contribution in [1.82, 2.24) is 9.97 Å². The summed E-state index contributed by atoms with van der Waals surface area (Å²) in [7, 11) is 0. The van der Waals surface area contributed by atoms with E-state index in [2.05, 4.69) is 170 Å². The van der Waals surface area contributed by atoms with E-state index in [0.29, 0.717) is 5.92 Å². The average Bonchev–Trinajstić information content (AvgIpc) is 3.53. The minimum atomic E-state index is -0.441. The zero-order valence-corrected chi connectivity index (χ0v) is 31.4. The van der Waals surface area contributed by atoms with Gasteiger partial charge in [-0.1, -0.05) is 124 Å². The van der Waals surface area contributed by atoms with Gasteiger partial charge in [0.1, 0.15) is 0 Å². The molecule has 4 nitrogen and oxygen atoms in total. The van der Waals surface area contributed by atoms with Gasteiger partial charge >= 0.3 is 0 Å². The Morgan fingerprint density at radius 3 is 1.80 bits per heavy atom. The van der Waals surface area contributed by atoms with Crippen LogP contribution in [0.2, 0.25) is 0 Å². The number of rotatable bonds is 4. The van der Waals surface area contributed by atoms with Crippen molar-refractivity contribution in [2.45, 2.75) is 50.5 Å². The van der Waals surface area contributed by atoms with Gasteiger partial charge in [0.15, 0.2) is 5.84 Å². The Kier molecular flexibility index (Phi) is 7.85. The van der Waals surface area contributed by atoms with E-state index < -0.39 is 5.41 Å². The van der Waals surface area contributed by atoms with Crippen molar-refractivity contribution in [2.24, 2.45) is 15.9 Å². The van der Waals surface area contributed by atoms with Crippen molar-refractivity contribution >= 4 is 11.5 Å². The van der Waals surface area contributed by atoms with Crippen LogP contribution < -0.4 is 0 Å². The van der Waals surface area contributed by atoms with Gasteiger partial charge in [-0.05, 0) is 122 Å².